The highest BCUT2D eigenvalue weighted by molar-refractivity contribution is 6.30. The minimum atomic E-state index is 0.562. The Hall–Kier alpha value is -0.770. The molecule has 0 bridgehead atoms. The molecule has 1 heterocycles. The van der Waals surface area contributed by atoms with Gasteiger partial charge in [-0.25, -0.2) is 0 Å². The van der Waals surface area contributed by atoms with Crippen LogP contribution in [0.1, 0.15) is 19.3 Å². The average molecular weight is 294 g/mol. The smallest absolute Gasteiger partial charge is 0.0426 e. The zero-order valence-electron chi connectivity index (χ0n) is 12.0. The predicted octanol–water partition coefficient (Wildman–Crippen LogP) is 2.59. The molecular formula is C16H24ClN3. The summed E-state index contributed by atoms with van der Waals surface area (Å²) in [4.78, 5) is 5.05. The summed E-state index contributed by atoms with van der Waals surface area (Å²) >= 11 is 6.07. The summed E-state index contributed by atoms with van der Waals surface area (Å²) in [5.74, 6) is 0. The van der Waals surface area contributed by atoms with E-state index in [9.17, 15) is 0 Å². The summed E-state index contributed by atoms with van der Waals surface area (Å²) in [6, 6.07) is 8.18. The third-order valence-electron chi connectivity index (χ3n) is 4.74. The molecule has 20 heavy (non-hydrogen) atoms. The van der Waals surface area contributed by atoms with Gasteiger partial charge in [0.1, 0.15) is 0 Å². The van der Waals surface area contributed by atoms with E-state index in [1.165, 1.54) is 31.5 Å². The van der Waals surface area contributed by atoms with Crippen molar-refractivity contribution in [1.29, 1.82) is 0 Å². The zero-order chi connectivity index (χ0) is 14.0. The quantitative estimate of drug-likeness (QED) is 0.906. The zero-order valence-corrected chi connectivity index (χ0v) is 12.8. The van der Waals surface area contributed by atoms with E-state index in [1.54, 1.807) is 0 Å². The number of anilines is 1. The molecule has 110 valence electrons. The molecule has 1 aliphatic carbocycles. The largest absolute Gasteiger partial charge is 0.369 e. The Morgan fingerprint density at radius 3 is 2.50 bits per heavy atom. The first-order chi connectivity index (χ1) is 9.71. The van der Waals surface area contributed by atoms with E-state index in [0.717, 1.165) is 37.7 Å². The first-order valence-electron chi connectivity index (χ1n) is 7.64. The first kappa shape index (κ1) is 14.2. The number of nitrogens with two attached hydrogens (primary N) is 1. The topological polar surface area (TPSA) is 32.5 Å². The van der Waals surface area contributed by atoms with Gasteiger partial charge >= 0.3 is 0 Å². The van der Waals surface area contributed by atoms with Gasteiger partial charge in [-0.2, -0.15) is 0 Å². The van der Waals surface area contributed by atoms with Gasteiger partial charge in [0.2, 0.25) is 0 Å². The fourth-order valence-electron chi connectivity index (χ4n) is 3.28. The fourth-order valence-corrected chi connectivity index (χ4v) is 3.47. The maximum Gasteiger partial charge on any atom is 0.0426 e. The molecule has 0 spiro atoms. The molecule has 0 unspecified atom stereocenters. The van der Waals surface area contributed by atoms with Gasteiger partial charge in [-0.1, -0.05) is 17.7 Å². The van der Waals surface area contributed by atoms with Crippen LogP contribution < -0.4 is 10.6 Å². The minimum Gasteiger partial charge on any atom is -0.369 e. The molecule has 4 heteroatoms. The van der Waals surface area contributed by atoms with Crippen LogP contribution in [0.4, 0.5) is 5.69 Å². The average Bonchev–Trinajstić information content (AvgIpc) is 3.19. The van der Waals surface area contributed by atoms with Crippen LogP contribution in [-0.4, -0.2) is 44.2 Å². The Kier molecular flexibility index (Phi) is 4.20. The van der Waals surface area contributed by atoms with Crippen LogP contribution in [0.15, 0.2) is 24.3 Å². The van der Waals surface area contributed by atoms with Crippen LogP contribution in [0.25, 0.3) is 0 Å². The molecule has 0 radical (unpaired) electrons. The second kappa shape index (κ2) is 5.92. The minimum absolute atomic E-state index is 0.562. The fraction of sp³-hybridized carbons (Fsp3) is 0.625. The second-order valence-corrected chi connectivity index (χ2v) is 6.72. The van der Waals surface area contributed by atoms with Gasteiger partial charge in [-0.15, -0.1) is 0 Å². The Balaban J connectivity index is 1.52. The van der Waals surface area contributed by atoms with Crippen molar-refractivity contribution in [1.82, 2.24) is 4.90 Å². The first-order valence-corrected chi connectivity index (χ1v) is 8.02. The van der Waals surface area contributed by atoms with Gasteiger partial charge < -0.3 is 10.6 Å². The third-order valence-corrected chi connectivity index (χ3v) is 4.97. The molecular weight excluding hydrogens is 270 g/mol. The summed E-state index contributed by atoms with van der Waals surface area (Å²) in [5, 5.41) is 0.824. The lowest BCUT2D eigenvalue weighted by Gasteiger charge is -2.37. The van der Waals surface area contributed by atoms with Crippen molar-refractivity contribution in [3.8, 4) is 0 Å². The number of halogens is 1. The number of rotatable bonds is 5. The molecule has 3 nitrogen and oxygen atoms in total. The Bertz CT molecular complexity index is 451. The number of hydrogen-bond donors (Lipinski definition) is 1. The van der Waals surface area contributed by atoms with Crippen molar-refractivity contribution in [2.75, 3.05) is 44.2 Å². The van der Waals surface area contributed by atoms with Crippen molar-refractivity contribution in [2.24, 2.45) is 11.1 Å². The lowest BCUT2D eigenvalue weighted by atomic mass is 10.0. The van der Waals surface area contributed by atoms with Crippen LogP contribution in [0.5, 0.6) is 0 Å². The van der Waals surface area contributed by atoms with E-state index in [1.807, 2.05) is 12.1 Å². The van der Waals surface area contributed by atoms with Crippen LogP contribution in [-0.2, 0) is 0 Å². The van der Waals surface area contributed by atoms with Gasteiger partial charge in [0, 0.05) is 43.4 Å². The van der Waals surface area contributed by atoms with E-state index in [-0.39, 0.29) is 0 Å². The van der Waals surface area contributed by atoms with Gasteiger partial charge in [0.25, 0.3) is 0 Å². The summed E-state index contributed by atoms with van der Waals surface area (Å²) < 4.78 is 0. The van der Waals surface area contributed by atoms with Crippen molar-refractivity contribution in [3.05, 3.63) is 29.3 Å². The molecule has 1 aromatic rings. The lowest BCUT2D eigenvalue weighted by molar-refractivity contribution is 0.203. The van der Waals surface area contributed by atoms with E-state index < -0.39 is 0 Å². The molecule has 0 aromatic heterocycles. The van der Waals surface area contributed by atoms with Gasteiger partial charge in [0.15, 0.2) is 0 Å². The maximum absolute atomic E-state index is 6.07. The van der Waals surface area contributed by atoms with Crippen molar-refractivity contribution >= 4 is 17.3 Å². The molecule has 0 amide bonds. The van der Waals surface area contributed by atoms with Crippen LogP contribution >= 0.6 is 11.6 Å². The molecule has 2 fully saturated rings. The molecule has 1 saturated carbocycles. The highest BCUT2D eigenvalue weighted by Crippen LogP contribution is 2.49. The normalized spacial score (nSPS) is 22.0. The lowest BCUT2D eigenvalue weighted by Crippen LogP contribution is -2.48. The van der Waals surface area contributed by atoms with Gasteiger partial charge in [-0.3, -0.25) is 4.90 Å². The molecule has 2 N–H and O–H groups in total. The second-order valence-electron chi connectivity index (χ2n) is 6.28. The molecule has 1 aromatic carbocycles. The molecule has 1 saturated heterocycles. The Morgan fingerprint density at radius 2 is 1.90 bits per heavy atom. The molecule has 2 aliphatic rings. The molecule has 3 rings (SSSR count). The third kappa shape index (κ3) is 3.27. The van der Waals surface area contributed by atoms with E-state index in [4.69, 9.17) is 17.3 Å². The summed E-state index contributed by atoms with van der Waals surface area (Å²) in [7, 11) is 0. The number of nitrogens with zero attached hydrogens (tertiary/aromatic N) is 2. The van der Waals surface area contributed by atoms with Crippen LogP contribution in [0, 0.1) is 5.41 Å². The summed E-state index contributed by atoms with van der Waals surface area (Å²) in [6.45, 7) is 6.58. The van der Waals surface area contributed by atoms with E-state index >= 15 is 0 Å². The van der Waals surface area contributed by atoms with Crippen molar-refractivity contribution in [2.45, 2.75) is 19.3 Å². The SMILES string of the molecule is NCCC1(CN2CCN(c3cccc(Cl)c3)CC2)CC1. The standard InChI is InChI=1S/C16H24ClN3/c17-14-2-1-3-15(12-14)20-10-8-19(9-11-20)13-16(4-5-16)6-7-18/h1-3,12H,4-11,13,18H2. The molecule has 0 atom stereocenters. The number of benzene rings is 1. The Labute approximate surface area is 126 Å². The summed E-state index contributed by atoms with van der Waals surface area (Å²) in [6.07, 6.45) is 3.94. The highest BCUT2D eigenvalue weighted by Gasteiger charge is 2.43. The van der Waals surface area contributed by atoms with Crippen LogP contribution in [0.2, 0.25) is 5.02 Å². The number of hydrogen-bond acceptors (Lipinski definition) is 3. The number of piperazine rings is 1. The van der Waals surface area contributed by atoms with Gasteiger partial charge in [-0.05, 0) is 49.4 Å². The van der Waals surface area contributed by atoms with Crippen molar-refractivity contribution < 1.29 is 0 Å². The maximum atomic E-state index is 6.07. The van der Waals surface area contributed by atoms with Crippen LogP contribution in [0.3, 0.4) is 0 Å². The highest BCUT2D eigenvalue weighted by atomic mass is 35.5. The monoisotopic (exact) mass is 293 g/mol. The predicted molar refractivity (Wildman–Crippen MR) is 85.4 cm³/mol. The van der Waals surface area contributed by atoms with Crippen molar-refractivity contribution in [3.63, 3.8) is 0 Å². The van der Waals surface area contributed by atoms with E-state index in [2.05, 4.69) is 21.9 Å². The molecule has 1 aliphatic heterocycles. The Morgan fingerprint density at radius 1 is 1.15 bits per heavy atom. The van der Waals surface area contributed by atoms with E-state index in [0.29, 0.717) is 5.41 Å². The summed E-state index contributed by atoms with van der Waals surface area (Å²) in [5.41, 5.74) is 7.55. The van der Waals surface area contributed by atoms with Gasteiger partial charge in [0.05, 0.1) is 0 Å².